The summed E-state index contributed by atoms with van der Waals surface area (Å²) >= 11 is 2.95. The number of carbonyl (C=O) groups is 1. The quantitative estimate of drug-likeness (QED) is 0.520. The van der Waals surface area contributed by atoms with Crippen molar-refractivity contribution in [2.24, 2.45) is 0 Å². The minimum absolute atomic E-state index is 0.0588. The predicted molar refractivity (Wildman–Crippen MR) is 60.2 cm³/mol. The molecule has 7 heteroatoms. The summed E-state index contributed by atoms with van der Waals surface area (Å²) in [6, 6.07) is 5.46. The molecule has 0 saturated heterocycles. The van der Waals surface area contributed by atoms with Crippen LogP contribution in [-0.2, 0) is 4.79 Å². The molecule has 0 aliphatic rings. The van der Waals surface area contributed by atoms with Crippen molar-refractivity contribution in [3.63, 3.8) is 0 Å². The molecule has 0 radical (unpaired) electrons. The predicted octanol–water partition coefficient (Wildman–Crippen LogP) is 1.80. The lowest BCUT2D eigenvalue weighted by molar-refractivity contribution is -0.384. The van der Waals surface area contributed by atoms with E-state index < -0.39 is 4.92 Å². The van der Waals surface area contributed by atoms with Gasteiger partial charge in [-0.1, -0.05) is 15.9 Å². The maximum Gasteiger partial charge on any atom is 0.270 e. The minimum Gasteiger partial charge on any atom is -0.324 e. The van der Waals surface area contributed by atoms with Gasteiger partial charge in [-0.3, -0.25) is 14.9 Å². The van der Waals surface area contributed by atoms with Crippen molar-refractivity contribution in [1.29, 1.82) is 5.26 Å². The number of hydrogen-bond donors (Lipinski definition) is 1. The number of nitro groups is 1. The number of amides is 1. The van der Waals surface area contributed by atoms with Gasteiger partial charge in [-0.15, -0.1) is 0 Å². The SMILES string of the molecule is N#Cc1cc([N+](=O)[O-])ccc1NC(=O)CBr. The van der Waals surface area contributed by atoms with Crippen molar-refractivity contribution in [3.8, 4) is 6.07 Å². The topological polar surface area (TPSA) is 96.0 Å². The summed E-state index contributed by atoms with van der Waals surface area (Å²) < 4.78 is 0. The molecule has 0 atom stereocenters. The van der Waals surface area contributed by atoms with Crippen molar-refractivity contribution in [3.05, 3.63) is 33.9 Å². The zero-order valence-electron chi connectivity index (χ0n) is 7.94. The first-order valence-electron chi connectivity index (χ1n) is 4.13. The van der Waals surface area contributed by atoms with Gasteiger partial charge < -0.3 is 5.32 Å². The van der Waals surface area contributed by atoms with Gasteiger partial charge in [0.05, 0.1) is 21.5 Å². The zero-order valence-corrected chi connectivity index (χ0v) is 9.52. The van der Waals surface area contributed by atoms with Crippen LogP contribution < -0.4 is 5.32 Å². The largest absolute Gasteiger partial charge is 0.324 e. The number of benzene rings is 1. The third-order valence-corrected chi connectivity index (χ3v) is 2.24. The fraction of sp³-hybridized carbons (Fsp3) is 0.111. The molecule has 1 amide bonds. The van der Waals surface area contributed by atoms with Crippen LogP contribution in [0.2, 0.25) is 0 Å². The average molecular weight is 284 g/mol. The Morgan fingerprint density at radius 3 is 2.81 bits per heavy atom. The molecule has 0 unspecified atom stereocenters. The first-order chi connectivity index (χ1) is 7.58. The van der Waals surface area contributed by atoms with Crippen molar-refractivity contribution in [1.82, 2.24) is 0 Å². The molecular formula is C9H6BrN3O3. The summed E-state index contributed by atoms with van der Waals surface area (Å²) in [7, 11) is 0. The Kier molecular flexibility index (Phi) is 3.96. The Morgan fingerprint density at radius 1 is 1.62 bits per heavy atom. The molecule has 16 heavy (non-hydrogen) atoms. The molecule has 1 rings (SSSR count). The van der Waals surface area contributed by atoms with Gasteiger partial charge >= 0.3 is 0 Å². The molecule has 0 aromatic heterocycles. The number of carbonyl (C=O) groups excluding carboxylic acids is 1. The fourth-order valence-electron chi connectivity index (χ4n) is 1.03. The second kappa shape index (κ2) is 5.23. The molecule has 0 spiro atoms. The lowest BCUT2D eigenvalue weighted by Gasteiger charge is -2.04. The van der Waals surface area contributed by atoms with E-state index in [1.165, 1.54) is 12.1 Å². The van der Waals surface area contributed by atoms with Crippen LogP contribution in [0.5, 0.6) is 0 Å². The molecule has 82 valence electrons. The van der Waals surface area contributed by atoms with Crippen molar-refractivity contribution in [2.45, 2.75) is 0 Å². The van der Waals surface area contributed by atoms with Crippen LogP contribution in [0.4, 0.5) is 11.4 Å². The standard InChI is InChI=1S/C9H6BrN3O3/c10-4-9(14)12-8-2-1-7(13(15)16)3-6(8)5-11/h1-3H,4H2,(H,12,14). The highest BCUT2D eigenvalue weighted by atomic mass is 79.9. The Bertz CT molecular complexity index is 481. The van der Waals surface area contributed by atoms with Crippen LogP contribution in [0.3, 0.4) is 0 Å². The van der Waals surface area contributed by atoms with E-state index >= 15 is 0 Å². The molecule has 6 nitrogen and oxygen atoms in total. The van der Waals surface area contributed by atoms with E-state index in [2.05, 4.69) is 21.2 Å². The van der Waals surface area contributed by atoms with E-state index in [0.717, 1.165) is 6.07 Å². The highest BCUT2D eigenvalue weighted by molar-refractivity contribution is 9.09. The summed E-state index contributed by atoms with van der Waals surface area (Å²) in [5, 5.41) is 21.8. The van der Waals surface area contributed by atoms with E-state index in [1.54, 1.807) is 6.07 Å². The highest BCUT2D eigenvalue weighted by Gasteiger charge is 2.11. The Morgan fingerprint density at radius 2 is 2.31 bits per heavy atom. The van der Waals surface area contributed by atoms with Gasteiger partial charge in [0.25, 0.3) is 5.69 Å². The van der Waals surface area contributed by atoms with Crippen LogP contribution in [0, 0.1) is 21.4 Å². The molecule has 1 N–H and O–H groups in total. The second-order valence-corrected chi connectivity index (χ2v) is 3.34. The monoisotopic (exact) mass is 283 g/mol. The molecule has 0 heterocycles. The Hall–Kier alpha value is -1.94. The van der Waals surface area contributed by atoms with Crippen LogP contribution >= 0.6 is 15.9 Å². The van der Waals surface area contributed by atoms with E-state index in [9.17, 15) is 14.9 Å². The molecular weight excluding hydrogens is 278 g/mol. The second-order valence-electron chi connectivity index (χ2n) is 2.78. The maximum absolute atomic E-state index is 11.1. The van der Waals surface area contributed by atoms with Gasteiger partial charge in [-0.25, -0.2) is 0 Å². The number of rotatable bonds is 3. The first-order valence-corrected chi connectivity index (χ1v) is 5.25. The number of nitrogens with zero attached hydrogens (tertiary/aromatic N) is 2. The molecule has 0 aliphatic heterocycles. The highest BCUT2D eigenvalue weighted by Crippen LogP contribution is 2.21. The number of nitriles is 1. The van der Waals surface area contributed by atoms with Crippen LogP contribution in [0.1, 0.15) is 5.56 Å². The van der Waals surface area contributed by atoms with Crippen molar-refractivity contribution in [2.75, 3.05) is 10.6 Å². The van der Waals surface area contributed by atoms with E-state index in [0.29, 0.717) is 0 Å². The normalized spacial score (nSPS) is 9.25. The Balaban J connectivity index is 3.08. The third-order valence-electron chi connectivity index (χ3n) is 1.73. The van der Waals surface area contributed by atoms with E-state index in [-0.39, 0.29) is 28.2 Å². The smallest absolute Gasteiger partial charge is 0.270 e. The van der Waals surface area contributed by atoms with Crippen molar-refractivity contribution >= 4 is 33.2 Å². The number of nitro benzene ring substituents is 1. The van der Waals surface area contributed by atoms with Gasteiger partial charge in [0.2, 0.25) is 5.91 Å². The van der Waals surface area contributed by atoms with E-state index in [4.69, 9.17) is 5.26 Å². The average Bonchev–Trinajstić information content (AvgIpc) is 2.29. The van der Waals surface area contributed by atoms with E-state index in [1.807, 2.05) is 0 Å². The van der Waals surface area contributed by atoms with Gasteiger partial charge in [0.1, 0.15) is 6.07 Å². The molecule has 0 bridgehead atoms. The zero-order chi connectivity index (χ0) is 12.1. The van der Waals surface area contributed by atoms with Crippen LogP contribution in [-0.4, -0.2) is 16.2 Å². The van der Waals surface area contributed by atoms with Gasteiger partial charge in [-0.05, 0) is 6.07 Å². The van der Waals surface area contributed by atoms with Crippen LogP contribution in [0.25, 0.3) is 0 Å². The minimum atomic E-state index is -0.600. The number of anilines is 1. The van der Waals surface area contributed by atoms with Gasteiger partial charge in [-0.2, -0.15) is 5.26 Å². The van der Waals surface area contributed by atoms with Crippen molar-refractivity contribution < 1.29 is 9.72 Å². The summed E-state index contributed by atoms with van der Waals surface area (Å²) in [6.07, 6.45) is 0. The number of alkyl halides is 1. The molecule has 1 aromatic carbocycles. The van der Waals surface area contributed by atoms with Gasteiger partial charge in [0, 0.05) is 12.1 Å². The number of nitrogens with one attached hydrogen (secondary N) is 1. The first kappa shape index (κ1) is 12.1. The molecule has 0 saturated carbocycles. The number of hydrogen-bond acceptors (Lipinski definition) is 4. The maximum atomic E-state index is 11.1. The number of halogens is 1. The lowest BCUT2D eigenvalue weighted by atomic mass is 10.1. The summed E-state index contributed by atoms with van der Waals surface area (Å²) in [4.78, 5) is 20.9. The van der Waals surface area contributed by atoms with Gasteiger partial charge in [0.15, 0.2) is 0 Å². The molecule has 1 aromatic rings. The molecule has 0 aliphatic carbocycles. The molecule has 0 fully saturated rings. The summed E-state index contributed by atoms with van der Waals surface area (Å²) in [6.45, 7) is 0. The summed E-state index contributed by atoms with van der Waals surface area (Å²) in [5.74, 6) is -0.328. The summed E-state index contributed by atoms with van der Waals surface area (Å²) in [5.41, 5.74) is 0.134. The lowest BCUT2D eigenvalue weighted by Crippen LogP contribution is -2.13. The third kappa shape index (κ3) is 2.77. The fourth-order valence-corrected chi connectivity index (χ4v) is 1.17. The van der Waals surface area contributed by atoms with Crippen LogP contribution in [0.15, 0.2) is 18.2 Å². The number of non-ortho nitro benzene ring substituents is 1. The Labute approximate surface area is 99.2 Å².